The van der Waals surface area contributed by atoms with E-state index in [1.165, 1.54) is 0 Å². The van der Waals surface area contributed by atoms with Gasteiger partial charge in [-0.25, -0.2) is 0 Å². The molecule has 2 rings (SSSR count). The molecule has 0 atom stereocenters. The number of amides is 1. The van der Waals surface area contributed by atoms with E-state index in [4.69, 9.17) is 0 Å². The second-order valence-corrected chi connectivity index (χ2v) is 5.67. The predicted molar refractivity (Wildman–Crippen MR) is 65.7 cm³/mol. The summed E-state index contributed by atoms with van der Waals surface area (Å²) in [7, 11) is 0. The van der Waals surface area contributed by atoms with Gasteiger partial charge in [0.1, 0.15) is 5.78 Å². The topological polar surface area (TPSA) is 40.6 Å². The van der Waals surface area contributed by atoms with Gasteiger partial charge in [-0.3, -0.25) is 9.59 Å². The Morgan fingerprint density at radius 3 is 2.18 bits per heavy atom. The summed E-state index contributed by atoms with van der Waals surface area (Å²) in [6.07, 6.45) is 2.93. The van der Waals surface area contributed by atoms with Crippen molar-refractivity contribution in [3.05, 3.63) is 0 Å². The summed E-state index contributed by atoms with van der Waals surface area (Å²) < 4.78 is 0. The fourth-order valence-corrected chi connectivity index (χ4v) is 2.99. The van der Waals surface area contributed by atoms with Crippen LogP contribution in [0.5, 0.6) is 0 Å². The lowest BCUT2D eigenvalue weighted by Gasteiger charge is -2.54. The molecule has 0 aromatic rings. The normalized spacial score (nSPS) is 23.5. The number of nitrogens with zero attached hydrogens (tertiary/aromatic N) is 2. The second kappa shape index (κ2) is 4.77. The Morgan fingerprint density at radius 2 is 1.71 bits per heavy atom. The summed E-state index contributed by atoms with van der Waals surface area (Å²) in [6, 6.07) is 0. The van der Waals surface area contributed by atoms with Crippen LogP contribution in [0.15, 0.2) is 0 Å². The molecule has 4 heteroatoms. The first-order valence-electron chi connectivity index (χ1n) is 6.48. The minimum atomic E-state index is 0.201. The molecule has 1 amide bonds. The summed E-state index contributed by atoms with van der Waals surface area (Å²) in [4.78, 5) is 26.5. The Morgan fingerprint density at radius 1 is 1.12 bits per heavy atom. The third kappa shape index (κ3) is 2.86. The highest BCUT2D eigenvalue weighted by Crippen LogP contribution is 2.40. The Balaban J connectivity index is 1.72. The van der Waals surface area contributed by atoms with Gasteiger partial charge in [-0.05, 0) is 25.2 Å². The van der Waals surface area contributed by atoms with E-state index >= 15 is 0 Å². The molecular weight excluding hydrogens is 216 g/mol. The SMILES string of the molecule is CC(=O)CCN1CC2(CCN(C(C)=O)CC2)C1. The van der Waals surface area contributed by atoms with Crippen LogP contribution in [-0.4, -0.2) is 54.2 Å². The second-order valence-electron chi connectivity index (χ2n) is 5.67. The molecule has 2 heterocycles. The van der Waals surface area contributed by atoms with E-state index < -0.39 is 0 Å². The maximum Gasteiger partial charge on any atom is 0.219 e. The first-order valence-corrected chi connectivity index (χ1v) is 6.48. The van der Waals surface area contributed by atoms with Crippen molar-refractivity contribution >= 4 is 11.7 Å². The monoisotopic (exact) mass is 238 g/mol. The van der Waals surface area contributed by atoms with E-state index in [0.29, 0.717) is 11.8 Å². The molecule has 4 nitrogen and oxygen atoms in total. The fourth-order valence-electron chi connectivity index (χ4n) is 2.99. The van der Waals surface area contributed by atoms with Crippen molar-refractivity contribution < 1.29 is 9.59 Å². The molecule has 0 aliphatic carbocycles. The summed E-state index contributed by atoms with van der Waals surface area (Å²) in [5, 5.41) is 0. The molecule has 96 valence electrons. The lowest BCUT2D eigenvalue weighted by atomic mass is 9.72. The van der Waals surface area contributed by atoms with Gasteiger partial charge in [-0.2, -0.15) is 0 Å². The van der Waals surface area contributed by atoms with Crippen LogP contribution in [0.3, 0.4) is 0 Å². The van der Waals surface area contributed by atoms with Gasteiger partial charge in [0.05, 0.1) is 0 Å². The van der Waals surface area contributed by atoms with Crippen LogP contribution < -0.4 is 0 Å². The highest BCUT2D eigenvalue weighted by molar-refractivity contribution is 5.75. The van der Waals surface area contributed by atoms with Gasteiger partial charge < -0.3 is 9.80 Å². The molecule has 17 heavy (non-hydrogen) atoms. The Labute approximate surface area is 103 Å². The minimum Gasteiger partial charge on any atom is -0.343 e. The number of carbonyl (C=O) groups is 2. The van der Waals surface area contributed by atoms with Gasteiger partial charge in [0.15, 0.2) is 0 Å². The van der Waals surface area contributed by atoms with E-state index in [9.17, 15) is 9.59 Å². The van der Waals surface area contributed by atoms with Crippen LogP contribution in [0.25, 0.3) is 0 Å². The van der Waals surface area contributed by atoms with Gasteiger partial charge in [0, 0.05) is 46.1 Å². The van der Waals surface area contributed by atoms with E-state index in [2.05, 4.69) is 4.90 Å². The number of piperidine rings is 1. The van der Waals surface area contributed by atoms with E-state index in [1.807, 2.05) is 4.90 Å². The molecule has 2 aliphatic rings. The number of carbonyl (C=O) groups excluding carboxylic acids is 2. The van der Waals surface area contributed by atoms with Crippen LogP contribution >= 0.6 is 0 Å². The van der Waals surface area contributed by atoms with Crippen LogP contribution in [0.1, 0.15) is 33.1 Å². The Hall–Kier alpha value is -0.900. The van der Waals surface area contributed by atoms with Crippen LogP contribution in [0.4, 0.5) is 0 Å². The lowest BCUT2D eigenvalue weighted by Crippen LogP contribution is -2.60. The molecule has 0 bridgehead atoms. The molecule has 2 saturated heterocycles. The average molecular weight is 238 g/mol. The van der Waals surface area contributed by atoms with E-state index in [0.717, 1.165) is 45.6 Å². The molecule has 0 radical (unpaired) electrons. The number of likely N-dealkylation sites (tertiary alicyclic amines) is 2. The molecule has 0 N–H and O–H groups in total. The Kier molecular flexibility index (Phi) is 3.52. The number of rotatable bonds is 3. The van der Waals surface area contributed by atoms with Crippen LogP contribution in [-0.2, 0) is 9.59 Å². The third-order valence-electron chi connectivity index (χ3n) is 4.17. The molecule has 0 aromatic carbocycles. The highest BCUT2D eigenvalue weighted by Gasteiger charge is 2.44. The predicted octanol–water partition coefficient (Wildman–Crippen LogP) is 0.910. The maximum atomic E-state index is 11.2. The fraction of sp³-hybridized carbons (Fsp3) is 0.846. The van der Waals surface area contributed by atoms with Crippen molar-refractivity contribution in [3.8, 4) is 0 Å². The largest absolute Gasteiger partial charge is 0.343 e. The van der Waals surface area contributed by atoms with Crippen molar-refractivity contribution in [3.63, 3.8) is 0 Å². The first-order chi connectivity index (χ1) is 8.01. The zero-order valence-corrected chi connectivity index (χ0v) is 10.9. The molecule has 0 unspecified atom stereocenters. The standard InChI is InChI=1S/C13H22N2O2/c1-11(16)3-6-14-9-13(10-14)4-7-15(8-5-13)12(2)17/h3-10H2,1-2H3. The van der Waals surface area contributed by atoms with Gasteiger partial charge >= 0.3 is 0 Å². The van der Waals surface area contributed by atoms with Crippen molar-refractivity contribution in [2.24, 2.45) is 5.41 Å². The molecule has 1 spiro atoms. The molecule has 0 aromatic heterocycles. The molecule has 2 aliphatic heterocycles. The van der Waals surface area contributed by atoms with Crippen molar-refractivity contribution in [2.75, 3.05) is 32.7 Å². The lowest BCUT2D eigenvalue weighted by molar-refractivity contribution is -0.134. The minimum absolute atomic E-state index is 0.201. The summed E-state index contributed by atoms with van der Waals surface area (Å²) in [5.41, 5.74) is 0.447. The molecule has 0 saturated carbocycles. The third-order valence-corrected chi connectivity index (χ3v) is 4.17. The van der Waals surface area contributed by atoms with Gasteiger partial charge in [0.2, 0.25) is 5.91 Å². The Bertz CT molecular complexity index is 311. The van der Waals surface area contributed by atoms with Gasteiger partial charge in [-0.1, -0.05) is 0 Å². The van der Waals surface area contributed by atoms with Crippen molar-refractivity contribution in [1.82, 2.24) is 9.80 Å². The maximum absolute atomic E-state index is 11.2. The first kappa shape index (κ1) is 12.6. The number of hydrogen-bond acceptors (Lipinski definition) is 3. The van der Waals surface area contributed by atoms with E-state index in [-0.39, 0.29) is 11.7 Å². The summed E-state index contributed by atoms with van der Waals surface area (Å²) in [5.74, 6) is 0.477. The quantitative estimate of drug-likeness (QED) is 0.734. The van der Waals surface area contributed by atoms with Crippen LogP contribution in [0, 0.1) is 5.41 Å². The van der Waals surface area contributed by atoms with Crippen molar-refractivity contribution in [1.29, 1.82) is 0 Å². The van der Waals surface area contributed by atoms with Crippen molar-refractivity contribution in [2.45, 2.75) is 33.1 Å². The zero-order valence-electron chi connectivity index (χ0n) is 10.9. The summed E-state index contributed by atoms with van der Waals surface area (Å²) in [6.45, 7) is 8.27. The smallest absolute Gasteiger partial charge is 0.219 e. The van der Waals surface area contributed by atoms with Gasteiger partial charge in [-0.15, -0.1) is 0 Å². The number of ketones is 1. The number of hydrogen-bond donors (Lipinski definition) is 0. The molecule has 2 fully saturated rings. The summed E-state index contributed by atoms with van der Waals surface area (Å²) >= 11 is 0. The van der Waals surface area contributed by atoms with E-state index in [1.54, 1.807) is 13.8 Å². The van der Waals surface area contributed by atoms with Gasteiger partial charge in [0.25, 0.3) is 0 Å². The zero-order chi connectivity index (χ0) is 12.5. The molecular formula is C13H22N2O2. The van der Waals surface area contributed by atoms with Crippen LogP contribution in [0.2, 0.25) is 0 Å². The highest BCUT2D eigenvalue weighted by atomic mass is 16.2. The number of Topliss-reactive ketones (excluding diaryl/α,β-unsaturated/α-hetero) is 1. The average Bonchev–Trinajstić information content (AvgIpc) is 2.23.